The Hall–Kier alpha value is -5.30. The lowest BCUT2D eigenvalue weighted by Crippen LogP contribution is -2.60. The molecule has 2 aromatic carbocycles. The van der Waals surface area contributed by atoms with Gasteiger partial charge in [-0.1, -0.05) is 44.7 Å². The van der Waals surface area contributed by atoms with Gasteiger partial charge in [0.25, 0.3) is 11.8 Å². The first-order valence-electron chi connectivity index (χ1n) is 19.8. The highest BCUT2D eigenvalue weighted by Gasteiger charge is 2.50. The zero-order valence-electron chi connectivity index (χ0n) is 33.1. The third kappa shape index (κ3) is 7.61. The van der Waals surface area contributed by atoms with E-state index in [1.807, 2.05) is 18.3 Å². The van der Waals surface area contributed by atoms with Crippen LogP contribution in [0.4, 0.5) is 10.1 Å². The van der Waals surface area contributed by atoms with Crippen LogP contribution in [-0.4, -0.2) is 83.9 Å². The lowest BCUT2D eigenvalue weighted by atomic mass is 9.59. The van der Waals surface area contributed by atoms with Crippen molar-refractivity contribution in [3.05, 3.63) is 113 Å². The minimum atomic E-state index is -0.727. The molecule has 2 aliphatic heterocycles. The number of pyridine rings is 2. The molecule has 4 aliphatic rings. The molecule has 11 nitrogen and oxygen atoms in total. The van der Waals surface area contributed by atoms with Crippen molar-refractivity contribution in [3.63, 3.8) is 0 Å². The van der Waals surface area contributed by atoms with Crippen LogP contribution in [0.25, 0.3) is 11.4 Å². The maximum Gasteiger partial charge on any atom is 0.278 e. The van der Waals surface area contributed by atoms with Crippen LogP contribution < -0.4 is 24.6 Å². The van der Waals surface area contributed by atoms with Crippen molar-refractivity contribution < 1.29 is 28.6 Å². The molecule has 2 aliphatic carbocycles. The second kappa shape index (κ2) is 15.9. The number of carbonyl (C=O) groups is 1. The van der Waals surface area contributed by atoms with Crippen molar-refractivity contribution in [1.82, 2.24) is 25.2 Å². The first-order valence-corrected chi connectivity index (χ1v) is 19.8. The quantitative estimate of drug-likeness (QED) is 0.114. The van der Waals surface area contributed by atoms with Gasteiger partial charge in [0.05, 0.1) is 25.5 Å². The van der Waals surface area contributed by atoms with Gasteiger partial charge in [-0.3, -0.25) is 19.8 Å². The number of anilines is 1. The van der Waals surface area contributed by atoms with E-state index in [1.165, 1.54) is 48.8 Å². The van der Waals surface area contributed by atoms with Crippen LogP contribution in [0.5, 0.6) is 23.3 Å². The first-order chi connectivity index (χ1) is 27.6. The summed E-state index contributed by atoms with van der Waals surface area (Å²) in [6.07, 6.45) is 7.62. The molecule has 1 atom stereocenters. The number of carbonyl (C=O) groups excluding carboxylic acids is 1. The SMILES string of the molecule is C=C1C=C(F)c2cc(Oc3cc(N4CCC5(CC4)CC(N4CCN(Cc6ccnc(OC)c6)CC4c4ccccc4C(C)C)C5)ccc3C(=O)NO)c(OC)nc21. The molecule has 1 spiro atoms. The van der Waals surface area contributed by atoms with E-state index in [2.05, 4.69) is 75.4 Å². The van der Waals surface area contributed by atoms with Crippen LogP contribution in [0.1, 0.15) is 89.8 Å². The highest BCUT2D eigenvalue weighted by atomic mass is 19.1. The van der Waals surface area contributed by atoms with Crippen molar-refractivity contribution in [2.45, 2.75) is 64.1 Å². The lowest BCUT2D eigenvalue weighted by Gasteiger charge is -2.58. The molecule has 12 heteroatoms. The summed E-state index contributed by atoms with van der Waals surface area (Å²) in [6, 6.07) is 20.8. The number of allylic oxidation sites excluding steroid dienone is 2. The number of piperidine rings is 1. The molecule has 0 bridgehead atoms. The fourth-order valence-corrected chi connectivity index (χ4v) is 9.37. The molecular formula is C45H51FN6O5. The molecule has 1 amide bonds. The number of rotatable bonds is 11. The summed E-state index contributed by atoms with van der Waals surface area (Å²) >= 11 is 0. The summed E-state index contributed by atoms with van der Waals surface area (Å²) < 4.78 is 31.9. The summed E-state index contributed by atoms with van der Waals surface area (Å²) in [5.41, 5.74) is 8.14. The maximum atomic E-state index is 14.7. The van der Waals surface area contributed by atoms with E-state index in [9.17, 15) is 14.4 Å². The standard InChI is InChI=1S/C45H51FN6O5/c1-28(2)33-8-6-7-9-34(33)38-27-50(26-30-12-15-47-41(21-30)55-4)18-19-52(38)32-24-45(25-32)13-16-51(17-14-45)31-10-11-35(43(53)49-54)39(22-31)57-40-23-36-37(46)20-29(3)42(36)48-44(40)56-5/h6-12,15,20-23,28,32,38,54H,3,13-14,16-19,24-27H2,1-2,4-5H3,(H,49,53). The number of aromatic nitrogens is 2. The summed E-state index contributed by atoms with van der Waals surface area (Å²) in [5, 5.41) is 9.52. The van der Waals surface area contributed by atoms with E-state index in [-0.39, 0.29) is 33.9 Å². The Kier molecular flexibility index (Phi) is 10.8. The fraction of sp³-hybridized carbons (Fsp3) is 0.400. The van der Waals surface area contributed by atoms with Crippen LogP contribution in [0.3, 0.4) is 0 Å². The largest absolute Gasteiger partial charge is 0.481 e. The van der Waals surface area contributed by atoms with E-state index in [4.69, 9.17) is 14.2 Å². The highest BCUT2D eigenvalue weighted by molar-refractivity contribution is 5.97. The number of piperazine rings is 1. The van der Waals surface area contributed by atoms with Crippen molar-refractivity contribution in [3.8, 4) is 23.3 Å². The normalized spacial score (nSPS) is 19.6. The van der Waals surface area contributed by atoms with E-state index < -0.39 is 11.7 Å². The molecule has 2 aromatic heterocycles. The molecule has 4 heterocycles. The molecule has 298 valence electrons. The topological polar surface area (TPSA) is 113 Å². The average molecular weight is 775 g/mol. The number of hydrogen-bond donors (Lipinski definition) is 2. The Balaban J connectivity index is 0.968. The van der Waals surface area contributed by atoms with Crippen molar-refractivity contribution in [2.24, 2.45) is 5.41 Å². The lowest BCUT2D eigenvalue weighted by molar-refractivity contribution is -0.0628. The molecule has 2 N–H and O–H groups in total. The van der Waals surface area contributed by atoms with Crippen LogP contribution in [0.2, 0.25) is 0 Å². The van der Waals surface area contributed by atoms with Gasteiger partial charge in [0.2, 0.25) is 5.88 Å². The maximum absolute atomic E-state index is 14.7. The van der Waals surface area contributed by atoms with Crippen LogP contribution in [-0.2, 0) is 6.54 Å². The molecule has 1 unspecified atom stereocenters. The van der Waals surface area contributed by atoms with Gasteiger partial charge < -0.3 is 19.1 Å². The predicted octanol–water partition coefficient (Wildman–Crippen LogP) is 8.17. The summed E-state index contributed by atoms with van der Waals surface area (Å²) in [7, 11) is 3.11. The zero-order chi connectivity index (χ0) is 39.8. The molecule has 3 fully saturated rings. The second-order valence-electron chi connectivity index (χ2n) is 16.2. The minimum Gasteiger partial charge on any atom is -0.481 e. The Morgan fingerprint density at radius 2 is 1.81 bits per heavy atom. The molecule has 1 saturated carbocycles. The number of methoxy groups -OCH3 is 2. The second-order valence-corrected chi connectivity index (χ2v) is 16.2. The van der Waals surface area contributed by atoms with Crippen molar-refractivity contribution in [2.75, 3.05) is 51.8 Å². The Morgan fingerprint density at radius 1 is 1.02 bits per heavy atom. The van der Waals surface area contributed by atoms with Gasteiger partial charge in [-0.25, -0.2) is 19.8 Å². The van der Waals surface area contributed by atoms with E-state index in [0.29, 0.717) is 35.1 Å². The van der Waals surface area contributed by atoms with Crippen molar-refractivity contribution in [1.29, 1.82) is 0 Å². The van der Waals surface area contributed by atoms with Crippen LogP contribution >= 0.6 is 0 Å². The average Bonchev–Trinajstić information content (AvgIpc) is 3.50. The molecule has 8 rings (SSSR count). The van der Waals surface area contributed by atoms with Gasteiger partial charge in [0.1, 0.15) is 11.6 Å². The summed E-state index contributed by atoms with van der Waals surface area (Å²) in [4.78, 5) is 29.2. The predicted molar refractivity (Wildman–Crippen MR) is 218 cm³/mol. The number of hydroxylamine groups is 1. The third-order valence-corrected chi connectivity index (χ3v) is 12.4. The van der Waals surface area contributed by atoms with E-state index in [1.54, 1.807) is 24.7 Å². The van der Waals surface area contributed by atoms with Crippen LogP contribution in [0, 0.1) is 5.41 Å². The third-order valence-electron chi connectivity index (χ3n) is 12.4. The first kappa shape index (κ1) is 38.6. The number of amides is 1. The van der Waals surface area contributed by atoms with Crippen LogP contribution in [0.15, 0.2) is 79.5 Å². The number of hydrogen-bond acceptors (Lipinski definition) is 10. The Morgan fingerprint density at radius 3 is 2.54 bits per heavy atom. The Bertz CT molecular complexity index is 2190. The summed E-state index contributed by atoms with van der Waals surface area (Å²) in [6.45, 7) is 14.0. The zero-order valence-corrected chi connectivity index (χ0v) is 33.1. The van der Waals surface area contributed by atoms with E-state index in [0.717, 1.165) is 57.8 Å². The molecule has 0 radical (unpaired) electrons. The summed E-state index contributed by atoms with van der Waals surface area (Å²) in [5.74, 6) is 0.348. The number of benzene rings is 2. The van der Waals surface area contributed by atoms with Gasteiger partial charge in [-0.2, -0.15) is 0 Å². The van der Waals surface area contributed by atoms with Gasteiger partial charge in [0, 0.05) is 80.9 Å². The Labute approximate surface area is 333 Å². The van der Waals surface area contributed by atoms with Crippen molar-refractivity contribution >= 4 is 23.0 Å². The van der Waals surface area contributed by atoms with Gasteiger partial charge >= 0.3 is 0 Å². The molecule has 57 heavy (non-hydrogen) atoms. The van der Waals surface area contributed by atoms with Gasteiger partial charge in [0.15, 0.2) is 5.75 Å². The molecular weight excluding hydrogens is 724 g/mol. The molecule has 2 saturated heterocycles. The number of nitrogens with zero attached hydrogens (tertiary/aromatic N) is 5. The fourth-order valence-electron chi connectivity index (χ4n) is 9.37. The van der Waals surface area contributed by atoms with E-state index >= 15 is 0 Å². The monoisotopic (exact) mass is 774 g/mol. The number of fused-ring (bicyclic) bond motifs is 1. The number of ether oxygens (including phenoxy) is 3. The van der Waals surface area contributed by atoms with Gasteiger partial charge in [-0.15, -0.1) is 0 Å². The smallest absolute Gasteiger partial charge is 0.278 e. The molecule has 4 aromatic rings. The van der Waals surface area contributed by atoms with Gasteiger partial charge in [-0.05, 0) is 89.6 Å². The number of halogens is 1. The number of nitrogens with one attached hydrogen (secondary N) is 1. The minimum absolute atomic E-state index is 0.119. The highest BCUT2D eigenvalue weighted by Crippen LogP contribution is 2.53.